The third-order valence-corrected chi connectivity index (χ3v) is 7.14. The van der Waals surface area contributed by atoms with E-state index in [4.69, 9.17) is 9.15 Å². The molecule has 0 spiro atoms. The lowest BCUT2D eigenvalue weighted by atomic mass is 9.96. The van der Waals surface area contributed by atoms with Crippen molar-refractivity contribution in [1.82, 2.24) is 15.2 Å². The number of para-hydroxylation sites is 2. The van der Waals surface area contributed by atoms with Gasteiger partial charge in [-0.25, -0.2) is 4.98 Å². The van der Waals surface area contributed by atoms with Crippen molar-refractivity contribution < 1.29 is 23.5 Å². The standard InChI is InChI=1S/C26H31N3O5S/c1-3-6-21(24(31)26-28-20-7-4-5-8-22(20)34-26)27-25(32)18(15-19-10-9-17(2)35-19)16-23(30)29-11-13-33-14-12-29/h4-5,7-10,18,21H,3,6,11-16H2,1-2H3,(H,27,32)/t18?,21-/m0/s1. The lowest BCUT2D eigenvalue weighted by Crippen LogP contribution is -2.46. The topological polar surface area (TPSA) is 102 Å². The average molecular weight is 498 g/mol. The Labute approximate surface area is 208 Å². The Hall–Kier alpha value is -3.04. The summed E-state index contributed by atoms with van der Waals surface area (Å²) in [6.07, 6.45) is 1.67. The van der Waals surface area contributed by atoms with Crippen LogP contribution in [0.2, 0.25) is 0 Å². The van der Waals surface area contributed by atoms with Crippen molar-refractivity contribution in [2.45, 2.75) is 45.6 Å². The number of nitrogens with one attached hydrogen (secondary N) is 1. The summed E-state index contributed by atoms with van der Waals surface area (Å²) in [7, 11) is 0. The molecule has 0 bridgehead atoms. The van der Waals surface area contributed by atoms with E-state index in [-0.39, 0.29) is 29.9 Å². The van der Waals surface area contributed by atoms with Gasteiger partial charge < -0.3 is 19.4 Å². The summed E-state index contributed by atoms with van der Waals surface area (Å²) in [5, 5.41) is 2.92. The van der Waals surface area contributed by atoms with Gasteiger partial charge >= 0.3 is 0 Å². The van der Waals surface area contributed by atoms with Crippen LogP contribution in [0.4, 0.5) is 0 Å². The molecule has 0 radical (unpaired) electrons. The quantitative estimate of drug-likeness (QED) is 0.428. The summed E-state index contributed by atoms with van der Waals surface area (Å²) in [4.78, 5) is 47.9. The van der Waals surface area contributed by atoms with Crippen LogP contribution in [0.15, 0.2) is 40.8 Å². The first-order valence-corrected chi connectivity index (χ1v) is 12.9. The highest BCUT2D eigenvalue weighted by atomic mass is 32.1. The van der Waals surface area contributed by atoms with E-state index in [2.05, 4.69) is 10.3 Å². The third-order valence-electron chi connectivity index (χ3n) is 6.11. The van der Waals surface area contributed by atoms with Crippen LogP contribution in [-0.4, -0.2) is 59.8 Å². The summed E-state index contributed by atoms with van der Waals surface area (Å²) >= 11 is 1.61. The molecule has 1 N–H and O–H groups in total. The van der Waals surface area contributed by atoms with Crippen LogP contribution in [0, 0.1) is 12.8 Å². The monoisotopic (exact) mass is 497 g/mol. The van der Waals surface area contributed by atoms with Crippen LogP contribution in [0.25, 0.3) is 11.1 Å². The number of aryl methyl sites for hydroxylation is 1. The number of aromatic nitrogens is 1. The molecule has 1 aliphatic heterocycles. The molecule has 3 aromatic rings. The fourth-order valence-electron chi connectivity index (χ4n) is 4.22. The van der Waals surface area contributed by atoms with E-state index in [0.717, 1.165) is 9.75 Å². The molecule has 4 rings (SSSR count). The van der Waals surface area contributed by atoms with E-state index in [1.54, 1.807) is 28.4 Å². The van der Waals surface area contributed by atoms with Crippen LogP contribution in [-0.2, 0) is 20.7 Å². The molecular weight excluding hydrogens is 466 g/mol. The van der Waals surface area contributed by atoms with Gasteiger partial charge in [-0.2, -0.15) is 0 Å². The van der Waals surface area contributed by atoms with Gasteiger partial charge in [0, 0.05) is 29.3 Å². The molecule has 2 aromatic heterocycles. The van der Waals surface area contributed by atoms with Crippen molar-refractivity contribution in [1.29, 1.82) is 0 Å². The predicted molar refractivity (Wildman–Crippen MR) is 133 cm³/mol. The van der Waals surface area contributed by atoms with Crippen molar-refractivity contribution in [3.63, 3.8) is 0 Å². The smallest absolute Gasteiger partial charge is 0.266 e. The summed E-state index contributed by atoms with van der Waals surface area (Å²) in [6.45, 7) is 6.03. The van der Waals surface area contributed by atoms with Gasteiger partial charge in [0.1, 0.15) is 5.52 Å². The molecule has 3 heterocycles. The van der Waals surface area contributed by atoms with E-state index >= 15 is 0 Å². The molecule has 1 saturated heterocycles. The molecule has 2 atom stereocenters. The number of amides is 2. The van der Waals surface area contributed by atoms with Crippen molar-refractivity contribution >= 4 is 40.0 Å². The Bertz CT molecular complexity index is 1150. The van der Waals surface area contributed by atoms with Crippen LogP contribution < -0.4 is 5.32 Å². The maximum Gasteiger partial charge on any atom is 0.266 e. The molecule has 1 unspecified atom stereocenters. The predicted octanol–water partition coefficient (Wildman–Crippen LogP) is 3.77. The number of fused-ring (bicyclic) bond motifs is 1. The molecule has 9 heteroatoms. The molecule has 0 aliphatic carbocycles. The van der Waals surface area contributed by atoms with E-state index in [9.17, 15) is 14.4 Å². The second-order valence-electron chi connectivity index (χ2n) is 8.81. The van der Waals surface area contributed by atoms with E-state index in [1.807, 2.05) is 38.1 Å². The lowest BCUT2D eigenvalue weighted by molar-refractivity contribution is -0.139. The molecule has 1 fully saturated rings. The van der Waals surface area contributed by atoms with Crippen LogP contribution in [0.5, 0.6) is 0 Å². The maximum atomic E-state index is 13.5. The SMILES string of the molecule is CCC[C@H](NC(=O)C(CC(=O)N1CCOCC1)Cc1ccc(C)s1)C(=O)c1nc2ccccc2o1. The number of morpholine rings is 1. The number of Topliss-reactive ketones (excluding diaryl/α,β-unsaturated/α-hetero) is 1. The molecular formula is C26H31N3O5S. The largest absolute Gasteiger partial charge is 0.434 e. The minimum absolute atomic E-state index is 0.0141. The van der Waals surface area contributed by atoms with Crippen molar-refractivity contribution in [2.75, 3.05) is 26.3 Å². The van der Waals surface area contributed by atoms with E-state index in [1.165, 1.54) is 0 Å². The number of thiophene rings is 1. The zero-order valence-corrected chi connectivity index (χ0v) is 20.9. The van der Waals surface area contributed by atoms with Crippen molar-refractivity contribution in [3.8, 4) is 0 Å². The molecule has 0 saturated carbocycles. The summed E-state index contributed by atoms with van der Waals surface area (Å²) in [5.74, 6) is -1.33. The Morgan fingerprint density at radius 2 is 1.91 bits per heavy atom. The first-order chi connectivity index (χ1) is 16.9. The summed E-state index contributed by atoms with van der Waals surface area (Å²) in [5.41, 5.74) is 1.12. The van der Waals surface area contributed by atoms with Crippen LogP contribution in [0.1, 0.15) is 46.6 Å². The number of hydrogen-bond acceptors (Lipinski definition) is 7. The first kappa shape index (κ1) is 25.1. The zero-order valence-electron chi connectivity index (χ0n) is 20.1. The van der Waals surface area contributed by atoms with Gasteiger partial charge in [0.15, 0.2) is 5.58 Å². The van der Waals surface area contributed by atoms with Gasteiger partial charge in [-0.15, -0.1) is 11.3 Å². The normalized spacial score (nSPS) is 15.7. The lowest BCUT2D eigenvalue weighted by Gasteiger charge is -2.28. The van der Waals surface area contributed by atoms with E-state index in [0.29, 0.717) is 56.7 Å². The summed E-state index contributed by atoms with van der Waals surface area (Å²) < 4.78 is 11.0. The third kappa shape index (κ3) is 6.35. The number of benzene rings is 1. The van der Waals surface area contributed by atoms with E-state index < -0.39 is 12.0 Å². The van der Waals surface area contributed by atoms with Crippen molar-refractivity contribution in [3.05, 3.63) is 52.0 Å². The highest BCUT2D eigenvalue weighted by Gasteiger charge is 2.31. The fourth-order valence-corrected chi connectivity index (χ4v) is 5.19. The molecule has 1 aromatic carbocycles. The zero-order chi connectivity index (χ0) is 24.8. The Balaban J connectivity index is 1.50. The minimum Gasteiger partial charge on any atom is -0.434 e. The molecule has 8 nitrogen and oxygen atoms in total. The molecule has 186 valence electrons. The fraction of sp³-hybridized carbons (Fsp3) is 0.462. The second kappa shape index (κ2) is 11.6. The number of hydrogen-bond donors (Lipinski definition) is 1. The highest BCUT2D eigenvalue weighted by molar-refractivity contribution is 7.11. The van der Waals surface area contributed by atoms with Gasteiger partial charge in [0.25, 0.3) is 5.89 Å². The maximum absolute atomic E-state index is 13.5. The molecule has 1 aliphatic rings. The Morgan fingerprint density at radius 3 is 2.60 bits per heavy atom. The van der Waals surface area contributed by atoms with Gasteiger partial charge in [-0.05, 0) is 44.0 Å². The Morgan fingerprint density at radius 1 is 1.14 bits per heavy atom. The number of oxazole rings is 1. The summed E-state index contributed by atoms with van der Waals surface area (Å²) in [6, 6.07) is 10.4. The number of ether oxygens (including phenoxy) is 1. The number of carbonyl (C=O) groups excluding carboxylic acids is 3. The number of nitrogens with zero attached hydrogens (tertiary/aromatic N) is 2. The molecule has 2 amide bonds. The Kier molecular flexibility index (Phi) is 8.30. The van der Waals surface area contributed by atoms with Gasteiger partial charge in [-0.1, -0.05) is 25.5 Å². The highest BCUT2D eigenvalue weighted by Crippen LogP contribution is 2.23. The number of carbonyl (C=O) groups is 3. The second-order valence-corrected chi connectivity index (χ2v) is 10.2. The van der Waals surface area contributed by atoms with Gasteiger partial charge in [-0.3, -0.25) is 14.4 Å². The van der Waals surface area contributed by atoms with Crippen LogP contribution >= 0.6 is 11.3 Å². The molecule has 35 heavy (non-hydrogen) atoms. The van der Waals surface area contributed by atoms with Crippen LogP contribution in [0.3, 0.4) is 0 Å². The first-order valence-electron chi connectivity index (χ1n) is 12.1. The minimum atomic E-state index is -0.772. The van der Waals surface area contributed by atoms with Crippen molar-refractivity contribution in [2.24, 2.45) is 5.92 Å². The number of rotatable bonds is 10. The van der Waals surface area contributed by atoms with Gasteiger partial charge in [0.05, 0.1) is 25.2 Å². The number of ketones is 1. The van der Waals surface area contributed by atoms with Gasteiger partial charge in [0.2, 0.25) is 17.6 Å². The average Bonchev–Trinajstić information content (AvgIpc) is 3.49.